The maximum absolute atomic E-state index is 6.09. The van der Waals surface area contributed by atoms with Gasteiger partial charge in [-0.05, 0) is 0 Å². The first-order valence-corrected chi connectivity index (χ1v) is 10.9. The predicted molar refractivity (Wildman–Crippen MR) is 116 cm³/mol. The Hall–Kier alpha value is -1.79. The van der Waals surface area contributed by atoms with E-state index in [0.717, 1.165) is 5.02 Å². The molecule has 0 aliphatic carbocycles. The van der Waals surface area contributed by atoms with E-state index in [1.165, 1.54) is 26.7 Å². The van der Waals surface area contributed by atoms with Crippen LogP contribution in [0, 0.1) is 0 Å². The number of rotatable bonds is 4. The summed E-state index contributed by atoms with van der Waals surface area (Å²) in [5, 5.41) is 0.768. The van der Waals surface area contributed by atoms with E-state index in [-0.39, 0.29) is 20.4 Å². The molecular formula is C24H23ClSe. The van der Waals surface area contributed by atoms with Crippen molar-refractivity contribution in [1.29, 1.82) is 0 Å². The molecule has 0 atom stereocenters. The van der Waals surface area contributed by atoms with Gasteiger partial charge in [-0.2, -0.15) is 0 Å². The minimum atomic E-state index is 0.163. The first kappa shape index (κ1) is 19.0. The number of halogens is 1. The summed E-state index contributed by atoms with van der Waals surface area (Å²) in [6.45, 7) is 6.74. The van der Waals surface area contributed by atoms with E-state index in [2.05, 4.69) is 92.5 Å². The second kappa shape index (κ2) is 8.27. The molecule has 0 unspecified atom stereocenters. The van der Waals surface area contributed by atoms with E-state index in [4.69, 9.17) is 11.6 Å². The quantitative estimate of drug-likeness (QED) is 0.446. The Bertz CT molecular complexity index is 870. The first-order chi connectivity index (χ1) is 12.4. The third-order valence-corrected chi connectivity index (χ3v) is 6.41. The van der Waals surface area contributed by atoms with Crippen LogP contribution in [0.4, 0.5) is 0 Å². The molecule has 0 nitrogen and oxygen atoms in total. The molecule has 0 spiro atoms. The molecule has 0 radical (unpaired) electrons. The second-order valence-corrected chi connectivity index (χ2v) is 9.71. The van der Waals surface area contributed by atoms with Crippen molar-refractivity contribution < 1.29 is 0 Å². The van der Waals surface area contributed by atoms with E-state index in [0.29, 0.717) is 0 Å². The van der Waals surface area contributed by atoms with Crippen molar-refractivity contribution in [3.63, 3.8) is 0 Å². The SMILES string of the molecule is CC(C)(C)c1ccc(C(=C[Se]c2ccccc2)c2ccc(Cl)cc2)cc1. The Morgan fingerprint density at radius 3 is 1.85 bits per heavy atom. The van der Waals surface area contributed by atoms with Gasteiger partial charge in [-0.25, -0.2) is 0 Å². The van der Waals surface area contributed by atoms with Gasteiger partial charge in [0.25, 0.3) is 0 Å². The molecule has 0 aromatic heterocycles. The van der Waals surface area contributed by atoms with Gasteiger partial charge >= 0.3 is 168 Å². The third kappa shape index (κ3) is 4.89. The molecule has 0 N–H and O–H groups in total. The number of benzene rings is 3. The van der Waals surface area contributed by atoms with Crippen molar-refractivity contribution in [2.45, 2.75) is 26.2 Å². The summed E-state index contributed by atoms with van der Waals surface area (Å²) in [6.07, 6.45) is 0. The van der Waals surface area contributed by atoms with E-state index in [9.17, 15) is 0 Å². The van der Waals surface area contributed by atoms with E-state index in [1.54, 1.807) is 0 Å². The molecule has 0 aliphatic heterocycles. The molecule has 0 saturated carbocycles. The van der Waals surface area contributed by atoms with Crippen molar-refractivity contribution >= 4 is 36.6 Å². The summed E-state index contributed by atoms with van der Waals surface area (Å²) in [6, 6.07) is 27.8. The Morgan fingerprint density at radius 1 is 0.769 bits per heavy atom. The fraction of sp³-hybridized carbons (Fsp3) is 0.167. The summed E-state index contributed by atoms with van der Waals surface area (Å²) >= 11 is 6.37. The van der Waals surface area contributed by atoms with Gasteiger partial charge in [-0.15, -0.1) is 0 Å². The topological polar surface area (TPSA) is 0 Å². The van der Waals surface area contributed by atoms with Gasteiger partial charge in [-0.3, -0.25) is 0 Å². The Balaban J connectivity index is 1.98. The standard InChI is InChI=1S/C24H23ClSe/c1-24(2,3)20-13-9-18(10-14-20)23(19-11-15-21(25)16-12-19)17-26-22-7-5-4-6-8-22/h4-17H,1-3H3. The summed E-state index contributed by atoms with van der Waals surface area (Å²) in [5.74, 6) is 0. The summed E-state index contributed by atoms with van der Waals surface area (Å²) in [5.41, 5.74) is 5.24. The molecule has 0 fully saturated rings. The van der Waals surface area contributed by atoms with E-state index in [1.807, 2.05) is 12.1 Å². The normalized spacial score (nSPS) is 12.2. The van der Waals surface area contributed by atoms with Gasteiger partial charge in [0.05, 0.1) is 0 Å². The molecule has 0 bridgehead atoms. The Morgan fingerprint density at radius 2 is 1.31 bits per heavy atom. The maximum atomic E-state index is 6.09. The predicted octanol–water partition coefficient (Wildman–Crippen LogP) is 6.06. The van der Waals surface area contributed by atoms with Crippen LogP contribution in [0.5, 0.6) is 0 Å². The van der Waals surface area contributed by atoms with Gasteiger partial charge in [0.2, 0.25) is 0 Å². The minimum absolute atomic E-state index is 0.163. The van der Waals surface area contributed by atoms with Crippen molar-refractivity contribution in [1.82, 2.24) is 0 Å². The third-order valence-electron chi connectivity index (χ3n) is 4.27. The molecule has 0 amide bonds. The molecule has 3 aromatic rings. The molecule has 2 heteroatoms. The number of hydrogen-bond donors (Lipinski definition) is 0. The Kier molecular flexibility index (Phi) is 6.04. The molecule has 132 valence electrons. The average molecular weight is 426 g/mol. The number of hydrogen-bond acceptors (Lipinski definition) is 0. The van der Waals surface area contributed by atoms with E-state index < -0.39 is 0 Å². The molecule has 3 rings (SSSR count). The first-order valence-electron chi connectivity index (χ1n) is 8.72. The zero-order valence-corrected chi connectivity index (χ0v) is 17.8. The van der Waals surface area contributed by atoms with Crippen LogP contribution in [0.1, 0.15) is 37.5 Å². The van der Waals surface area contributed by atoms with Crippen LogP contribution < -0.4 is 4.46 Å². The summed E-state index contributed by atoms with van der Waals surface area (Å²) in [7, 11) is 0. The van der Waals surface area contributed by atoms with Gasteiger partial charge in [0.1, 0.15) is 0 Å². The van der Waals surface area contributed by atoms with Crippen LogP contribution in [0.3, 0.4) is 0 Å². The second-order valence-electron chi connectivity index (χ2n) is 7.30. The molecule has 0 saturated heterocycles. The molecule has 0 aliphatic rings. The van der Waals surface area contributed by atoms with E-state index >= 15 is 0 Å². The molecular weight excluding hydrogens is 403 g/mol. The molecule has 26 heavy (non-hydrogen) atoms. The summed E-state index contributed by atoms with van der Waals surface area (Å²) < 4.78 is 1.37. The zero-order chi connectivity index (χ0) is 18.6. The van der Waals surface area contributed by atoms with Crippen LogP contribution in [0.15, 0.2) is 83.8 Å². The van der Waals surface area contributed by atoms with Crippen LogP contribution in [0.25, 0.3) is 5.57 Å². The zero-order valence-electron chi connectivity index (χ0n) is 15.4. The van der Waals surface area contributed by atoms with Crippen LogP contribution in [-0.4, -0.2) is 15.0 Å². The van der Waals surface area contributed by atoms with Crippen LogP contribution in [0.2, 0.25) is 5.02 Å². The van der Waals surface area contributed by atoms with Gasteiger partial charge in [-0.1, -0.05) is 0 Å². The van der Waals surface area contributed by atoms with Gasteiger partial charge in [0.15, 0.2) is 0 Å². The fourth-order valence-corrected chi connectivity index (χ4v) is 4.60. The molecule has 0 heterocycles. The monoisotopic (exact) mass is 426 g/mol. The van der Waals surface area contributed by atoms with Crippen molar-refractivity contribution in [3.8, 4) is 0 Å². The van der Waals surface area contributed by atoms with Crippen molar-refractivity contribution in [3.05, 3.63) is 106 Å². The van der Waals surface area contributed by atoms with Gasteiger partial charge < -0.3 is 0 Å². The average Bonchev–Trinajstić information content (AvgIpc) is 2.64. The van der Waals surface area contributed by atoms with Crippen LogP contribution >= 0.6 is 11.6 Å². The Labute approximate surface area is 168 Å². The van der Waals surface area contributed by atoms with Crippen molar-refractivity contribution in [2.75, 3.05) is 0 Å². The fourth-order valence-electron chi connectivity index (χ4n) is 2.71. The summed E-state index contributed by atoms with van der Waals surface area (Å²) in [4.78, 5) is 2.37. The van der Waals surface area contributed by atoms with Crippen LogP contribution in [-0.2, 0) is 5.41 Å². The van der Waals surface area contributed by atoms with Crippen molar-refractivity contribution in [2.24, 2.45) is 0 Å². The molecule has 3 aromatic carbocycles. The van der Waals surface area contributed by atoms with Gasteiger partial charge in [0, 0.05) is 0 Å².